The monoisotopic (exact) mass is 361 g/mol. The Balaban J connectivity index is 2.22. The van der Waals surface area contributed by atoms with E-state index >= 15 is 0 Å². The van der Waals surface area contributed by atoms with Crippen molar-refractivity contribution in [1.82, 2.24) is 5.32 Å². The summed E-state index contributed by atoms with van der Waals surface area (Å²) >= 11 is 0. The van der Waals surface area contributed by atoms with Gasteiger partial charge >= 0.3 is 7.82 Å². The molecule has 0 atom stereocenters. The van der Waals surface area contributed by atoms with Crippen molar-refractivity contribution in [2.45, 2.75) is 20.0 Å². The molecule has 8 nitrogen and oxygen atoms in total. The van der Waals surface area contributed by atoms with Crippen LogP contribution >= 0.6 is 7.82 Å². The van der Waals surface area contributed by atoms with E-state index in [1.807, 2.05) is 6.92 Å². The molecule has 0 radical (unpaired) electrons. The van der Waals surface area contributed by atoms with Crippen molar-refractivity contribution in [2.75, 3.05) is 33.0 Å². The molecule has 0 unspecified atom stereocenters. The largest absolute Gasteiger partial charge is 0.469 e. The Morgan fingerprint density at radius 3 is 2.42 bits per heavy atom. The van der Waals surface area contributed by atoms with Gasteiger partial charge in [0.2, 0.25) is 0 Å². The fourth-order valence-corrected chi connectivity index (χ4v) is 2.07. The molecule has 0 saturated heterocycles. The average molecular weight is 361 g/mol. The topological polar surface area (TPSA) is 114 Å². The summed E-state index contributed by atoms with van der Waals surface area (Å²) in [6.07, 6.45) is 0.700. The summed E-state index contributed by atoms with van der Waals surface area (Å²) in [4.78, 5) is 29.2. The predicted octanol–water partition coefficient (Wildman–Crippen LogP) is 1.47. The molecule has 0 aliphatic rings. The van der Waals surface area contributed by atoms with Crippen molar-refractivity contribution < 1.29 is 33.1 Å². The standard InChI is InChI=1S/C15H24NO7P/c1-2-21-10-11-22-9-3-8-16-15(17)14-6-4-13(5-7-14)12-23-24(18,19)20/h4-7H,2-3,8-12H2,1H3,(H,16,17)(H2,18,19,20). The molecule has 0 aliphatic heterocycles. The molecule has 1 aromatic rings. The summed E-state index contributed by atoms with van der Waals surface area (Å²) < 4.78 is 25.5. The Bertz CT molecular complexity index is 529. The summed E-state index contributed by atoms with van der Waals surface area (Å²) in [7, 11) is -4.49. The molecule has 3 N–H and O–H groups in total. The Morgan fingerprint density at radius 1 is 1.12 bits per heavy atom. The van der Waals surface area contributed by atoms with Crippen molar-refractivity contribution in [3.05, 3.63) is 35.4 Å². The number of carbonyl (C=O) groups is 1. The van der Waals surface area contributed by atoms with Crippen molar-refractivity contribution >= 4 is 13.7 Å². The fraction of sp³-hybridized carbons (Fsp3) is 0.533. The van der Waals surface area contributed by atoms with Gasteiger partial charge in [0.1, 0.15) is 0 Å². The van der Waals surface area contributed by atoms with E-state index in [4.69, 9.17) is 19.3 Å². The number of ether oxygens (including phenoxy) is 2. The minimum Gasteiger partial charge on any atom is -0.379 e. The summed E-state index contributed by atoms with van der Waals surface area (Å²) in [6, 6.07) is 6.32. The van der Waals surface area contributed by atoms with Gasteiger partial charge in [-0.05, 0) is 31.0 Å². The van der Waals surface area contributed by atoms with Gasteiger partial charge in [-0.15, -0.1) is 0 Å². The normalized spacial score (nSPS) is 11.5. The van der Waals surface area contributed by atoms with Gasteiger partial charge in [0, 0.05) is 25.3 Å². The summed E-state index contributed by atoms with van der Waals surface area (Å²) in [6.45, 7) is 4.53. The molecule has 1 amide bonds. The minimum atomic E-state index is -4.49. The van der Waals surface area contributed by atoms with Gasteiger partial charge in [-0.1, -0.05) is 12.1 Å². The van der Waals surface area contributed by atoms with Gasteiger partial charge in [0.05, 0.1) is 19.8 Å². The first-order valence-electron chi connectivity index (χ1n) is 7.65. The average Bonchev–Trinajstić information content (AvgIpc) is 2.55. The van der Waals surface area contributed by atoms with E-state index < -0.39 is 7.82 Å². The van der Waals surface area contributed by atoms with Crippen molar-refractivity contribution in [2.24, 2.45) is 0 Å². The van der Waals surface area contributed by atoms with E-state index in [1.165, 1.54) is 0 Å². The maximum atomic E-state index is 11.9. The smallest absolute Gasteiger partial charge is 0.379 e. The number of carbonyl (C=O) groups excluding carboxylic acids is 1. The predicted molar refractivity (Wildman–Crippen MR) is 87.5 cm³/mol. The van der Waals surface area contributed by atoms with Crippen molar-refractivity contribution in [3.8, 4) is 0 Å². The van der Waals surface area contributed by atoms with Crippen molar-refractivity contribution in [1.29, 1.82) is 0 Å². The number of hydrogen-bond acceptors (Lipinski definition) is 5. The number of nitrogens with one attached hydrogen (secondary N) is 1. The molecule has 1 aromatic carbocycles. The zero-order chi connectivity index (χ0) is 17.8. The number of phosphoric ester groups is 1. The van der Waals surface area contributed by atoms with E-state index in [-0.39, 0.29) is 12.5 Å². The first-order valence-corrected chi connectivity index (χ1v) is 9.18. The maximum Gasteiger partial charge on any atom is 0.469 e. The van der Waals surface area contributed by atoms with Gasteiger partial charge in [-0.2, -0.15) is 0 Å². The zero-order valence-electron chi connectivity index (χ0n) is 13.6. The van der Waals surface area contributed by atoms with Crippen LogP contribution in [0.2, 0.25) is 0 Å². The molecule has 1 rings (SSSR count). The lowest BCUT2D eigenvalue weighted by Gasteiger charge is -2.08. The highest BCUT2D eigenvalue weighted by Gasteiger charge is 2.13. The molecule has 0 saturated carbocycles. The highest BCUT2D eigenvalue weighted by Crippen LogP contribution is 2.36. The first-order chi connectivity index (χ1) is 11.4. The van der Waals surface area contributed by atoms with Crippen LogP contribution in [0.4, 0.5) is 0 Å². The number of benzene rings is 1. The third kappa shape index (κ3) is 9.77. The molecular weight excluding hydrogens is 337 g/mol. The second-order valence-electron chi connectivity index (χ2n) is 4.88. The summed E-state index contributed by atoms with van der Waals surface area (Å²) in [5.74, 6) is -0.216. The lowest BCUT2D eigenvalue weighted by molar-refractivity contribution is 0.0518. The molecule has 0 aliphatic carbocycles. The van der Waals surface area contributed by atoms with E-state index in [0.29, 0.717) is 50.5 Å². The Kier molecular flexibility index (Phi) is 9.78. The lowest BCUT2D eigenvalue weighted by atomic mass is 10.1. The Morgan fingerprint density at radius 2 is 1.79 bits per heavy atom. The summed E-state index contributed by atoms with van der Waals surface area (Å²) in [5.41, 5.74) is 1.03. The van der Waals surface area contributed by atoms with Crippen LogP contribution in [0, 0.1) is 0 Å². The fourth-order valence-electron chi connectivity index (χ4n) is 1.75. The third-order valence-electron chi connectivity index (χ3n) is 2.94. The quantitative estimate of drug-likeness (QED) is 0.381. The highest BCUT2D eigenvalue weighted by atomic mass is 31.2. The van der Waals surface area contributed by atoms with Gasteiger partial charge in [0.25, 0.3) is 5.91 Å². The first kappa shape index (κ1) is 20.8. The van der Waals surface area contributed by atoms with Crippen LogP contribution in [0.1, 0.15) is 29.3 Å². The molecule has 0 bridgehead atoms. The van der Waals surface area contributed by atoms with Crippen LogP contribution in [0.15, 0.2) is 24.3 Å². The Labute approximate surface area is 141 Å². The number of phosphoric acid groups is 1. The van der Waals surface area contributed by atoms with Crippen molar-refractivity contribution in [3.63, 3.8) is 0 Å². The van der Waals surface area contributed by atoms with Crippen LogP contribution in [0.25, 0.3) is 0 Å². The van der Waals surface area contributed by atoms with Gasteiger partial charge in [-0.3, -0.25) is 9.32 Å². The SMILES string of the molecule is CCOCCOCCCNC(=O)c1ccc(COP(=O)(O)O)cc1. The Hall–Kier alpha value is -1.28. The number of rotatable bonds is 12. The summed E-state index contributed by atoms with van der Waals surface area (Å²) in [5, 5.41) is 2.77. The molecule has 9 heteroatoms. The highest BCUT2D eigenvalue weighted by molar-refractivity contribution is 7.46. The van der Waals surface area contributed by atoms with E-state index in [2.05, 4.69) is 9.84 Å². The van der Waals surface area contributed by atoms with Crippen LogP contribution < -0.4 is 5.32 Å². The molecule has 0 fully saturated rings. The van der Waals surface area contributed by atoms with Gasteiger partial charge in [-0.25, -0.2) is 4.57 Å². The molecule has 136 valence electrons. The van der Waals surface area contributed by atoms with E-state index in [9.17, 15) is 9.36 Å². The maximum absolute atomic E-state index is 11.9. The lowest BCUT2D eigenvalue weighted by Crippen LogP contribution is -2.25. The molecule has 0 aromatic heterocycles. The molecule has 24 heavy (non-hydrogen) atoms. The number of amides is 1. The second kappa shape index (κ2) is 11.3. The molecular formula is C15H24NO7P. The van der Waals surface area contributed by atoms with Gasteiger partial charge < -0.3 is 24.6 Å². The second-order valence-corrected chi connectivity index (χ2v) is 6.12. The molecule has 0 spiro atoms. The van der Waals surface area contributed by atoms with Gasteiger partial charge in [0.15, 0.2) is 0 Å². The minimum absolute atomic E-state index is 0.216. The number of hydrogen-bond donors (Lipinski definition) is 3. The van der Waals surface area contributed by atoms with Crippen LogP contribution in [0.3, 0.4) is 0 Å². The third-order valence-corrected chi connectivity index (χ3v) is 3.41. The van der Waals surface area contributed by atoms with Crippen LogP contribution in [-0.4, -0.2) is 48.7 Å². The van der Waals surface area contributed by atoms with E-state index in [0.717, 1.165) is 0 Å². The zero-order valence-corrected chi connectivity index (χ0v) is 14.5. The van der Waals surface area contributed by atoms with Crippen LogP contribution in [-0.2, 0) is 25.2 Å². The van der Waals surface area contributed by atoms with Crippen LogP contribution in [0.5, 0.6) is 0 Å². The van der Waals surface area contributed by atoms with E-state index in [1.54, 1.807) is 24.3 Å². The molecule has 0 heterocycles.